The zero-order chi connectivity index (χ0) is 18.5. The van der Waals surface area contributed by atoms with Crippen LogP contribution in [0.5, 0.6) is 0 Å². The minimum absolute atomic E-state index is 0.120. The molecule has 0 fully saturated rings. The number of hydrogen-bond donors (Lipinski definition) is 0. The molecule has 0 aromatic heterocycles. The van der Waals surface area contributed by atoms with Crippen LogP contribution in [0.1, 0.15) is 59.2 Å². The average molecular weight is 350 g/mol. The SMILES string of the molecule is CCOC(=O)C(=O)CC(=O)c1cccc(C2CCCc3ccccc32)c1. The number of aryl methyl sites for hydroxylation is 1. The Morgan fingerprint density at radius 3 is 2.69 bits per heavy atom. The number of hydrogen-bond acceptors (Lipinski definition) is 4. The number of esters is 1. The van der Waals surface area contributed by atoms with E-state index in [0.29, 0.717) is 5.56 Å². The molecule has 0 aliphatic heterocycles. The molecule has 0 radical (unpaired) electrons. The summed E-state index contributed by atoms with van der Waals surface area (Å²) in [6.45, 7) is 1.74. The Morgan fingerprint density at radius 2 is 1.88 bits per heavy atom. The molecule has 1 aliphatic rings. The summed E-state index contributed by atoms with van der Waals surface area (Å²) in [7, 11) is 0. The van der Waals surface area contributed by atoms with Crippen LogP contribution in [0.25, 0.3) is 0 Å². The lowest BCUT2D eigenvalue weighted by atomic mass is 9.78. The van der Waals surface area contributed by atoms with E-state index < -0.39 is 18.2 Å². The molecule has 2 aromatic rings. The third-order valence-corrected chi connectivity index (χ3v) is 4.80. The predicted octanol–water partition coefficient (Wildman–Crippen LogP) is 3.86. The van der Waals surface area contributed by atoms with Crippen LogP contribution in [0.15, 0.2) is 48.5 Å². The van der Waals surface area contributed by atoms with Gasteiger partial charge in [0.15, 0.2) is 5.78 Å². The van der Waals surface area contributed by atoms with Crippen LogP contribution in [-0.4, -0.2) is 24.1 Å². The molecule has 4 heteroatoms. The highest BCUT2D eigenvalue weighted by molar-refractivity contribution is 6.38. The lowest BCUT2D eigenvalue weighted by Crippen LogP contribution is -2.20. The molecule has 2 aromatic carbocycles. The molecule has 4 nitrogen and oxygen atoms in total. The van der Waals surface area contributed by atoms with Gasteiger partial charge in [-0.25, -0.2) is 4.79 Å². The van der Waals surface area contributed by atoms with Crippen LogP contribution in [0.3, 0.4) is 0 Å². The van der Waals surface area contributed by atoms with Gasteiger partial charge >= 0.3 is 5.97 Å². The van der Waals surface area contributed by atoms with Crippen LogP contribution in [0.4, 0.5) is 0 Å². The second kappa shape index (κ2) is 8.09. The average Bonchev–Trinajstić information content (AvgIpc) is 2.67. The second-order valence-corrected chi connectivity index (χ2v) is 6.51. The maximum Gasteiger partial charge on any atom is 0.375 e. The Labute approximate surface area is 153 Å². The van der Waals surface area contributed by atoms with Crippen molar-refractivity contribution in [2.24, 2.45) is 0 Å². The molecule has 26 heavy (non-hydrogen) atoms. The van der Waals surface area contributed by atoms with Gasteiger partial charge in [0.2, 0.25) is 5.78 Å². The van der Waals surface area contributed by atoms with E-state index in [9.17, 15) is 14.4 Å². The molecule has 0 N–H and O–H groups in total. The van der Waals surface area contributed by atoms with Gasteiger partial charge in [-0.3, -0.25) is 9.59 Å². The Morgan fingerprint density at radius 1 is 1.08 bits per heavy atom. The molecule has 0 bridgehead atoms. The van der Waals surface area contributed by atoms with Crippen LogP contribution >= 0.6 is 0 Å². The van der Waals surface area contributed by atoms with Crippen molar-refractivity contribution in [1.82, 2.24) is 0 Å². The molecule has 3 rings (SSSR count). The number of Topliss-reactive ketones (excluding diaryl/α,β-unsaturated/α-hetero) is 2. The number of carbonyl (C=O) groups is 3. The van der Waals surface area contributed by atoms with Crippen molar-refractivity contribution in [3.63, 3.8) is 0 Å². The number of benzene rings is 2. The molecule has 1 atom stereocenters. The van der Waals surface area contributed by atoms with E-state index in [2.05, 4.69) is 22.9 Å². The number of rotatable bonds is 6. The maximum atomic E-state index is 12.4. The van der Waals surface area contributed by atoms with Crippen molar-refractivity contribution in [1.29, 1.82) is 0 Å². The van der Waals surface area contributed by atoms with E-state index in [1.807, 2.05) is 24.3 Å². The Hall–Kier alpha value is -2.75. The largest absolute Gasteiger partial charge is 0.460 e. The molecule has 1 unspecified atom stereocenters. The smallest absolute Gasteiger partial charge is 0.375 e. The Balaban J connectivity index is 1.80. The summed E-state index contributed by atoms with van der Waals surface area (Å²) >= 11 is 0. The van der Waals surface area contributed by atoms with Gasteiger partial charge in [-0.05, 0) is 48.9 Å². The third kappa shape index (κ3) is 3.90. The second-order valence-electron chi connectivity index (χ2n) is 6.51. The molecule has 0 heterocycles. The summed E-state index contributed by atoms with van der Waals surface area (Å²) in [5, 5.41) is 0. The summed E-state index contributed by atoms with van der Waals surface area (Å²) in [4.78, 5) is 35.6. The topological polar surface area (TPSA) is 60.4 Å². The lowest BCUT2D eigenvalue weighted by Gasteiger charge is -2.26. The van der Waals surface area contributed by atoms with E-state index in [-0.39, 0.29) is 18.3 Å². The zero-order valence-corrected chi connectivity index (χ0v) is 14.9. The highest BCUT2D eigenvalue weighted by Gasteiger charge is 2.23. The van der Waals surface area contributed by atoms with E-state index in [1.165, 1.54) is 11.1 Å². The number of carbonyl (C=O) groups excluding carboxylic acids is 3. The van der Waals surface area contributed by atoms with Gasteiger partial charge in [0.25, 0.3) is 0 Å². The fraction of sp³-hybridized carbons (Fsp3) is 0.318. The monoisotopic (exact) mass is 350 g/mol. The minimum Gasteiger partial charge on any atom is -0.460 e. The van der Waals surface area contributed by atoms with Gasteiger partial charge in [0, 0.05) is 11.5 Å². The quantitative estimate of drug-likeness (QED) is 0.343. The third-order valence-electron chi connectivity index (χ3n) is 4.80. The summed E-state index contributed by atoms with van der Waals surface area (Å²) in [6.07, 6.45) is 2.78. The number of fused-ring (bicyclic) bond motifs is 1. The molecule has 134 valence electrons. The summed E-state index contributed by atoms with van der Waals surface area (Å²) in [5.74, 6) is -1.84. The van der Waals surface area contributed by atoms with Crippen molar-refractivity contribution >= 4 is 17.5 Å². The van der Waals surface area contributed by atoms with E-state index >= 15 is 0 Å². The number of ether oxygens (including phenoxy) is 1. The Kier molecular flexibility index (Phi) is 5.61. The molecule has 0 saturated carbocycles. The standard InChI is InChI=1S/C22H22O4/c1-2-26-22(25)21(24)14-20(23)17-10-5-9-16(13-17)19-12-6-8-15-7-3-4-11-18(15)19/h3-5,7,9-11,13,19H,2,6,8,12,14H2,1H3. The summed E-state index contributed by atoms with van der Waals surface area (Å²) in [5.41, 5.74) is 4.21. The van der Waals surface area contributed by atoms with E-state index in [1.54, 1.807) is 13.0 Å². The minimum atomic E-state index is -0.946. The van der Waals surface area contributed by atoms with Gasteiger partial charge in [0.1, 0.15) is 0 Å². The van der Waals surface area contributed by atoms with Crippen LogP contribution in [0.2, 0.25) is 0 Å². The highest BCUT2D eigenvalue weighted by atomic mass is 16.5. The van der Waals surface area contributed by atoms with Gasteiger partial charge in [-0.15, -0.1) is 0 Å². The first-order valence-corrected chi connectivity index (χ1v) is 9.01. The van der Waals surface area contributed by atoms with Gasteiger partial charge in [-0.1, -0.05) is 42.5 Å². The summed E-state index contributed by atoms with van der Waals surface area (Å²) < 4.78 is 4.66. The van der Waals surface area contributed by atoms with Gasteiger partial charge in [-0.2, -0.15) is 0 Å². The predicted molar refractivity (Wildman–Crippen MR) is 98.3 cm³/mol. The molecule has 0 spiro atoms. The van der Waals surface area contributed by atoms with E-state index in [0.717, 1.165) is 24.8 Å². The van der Waals surface area contributed by atoms with Gasteiger partial charge in [0.05, 0.1) is 13.0 Å². The maximum absolute atomic E-state index is 12.4. The molecule has 0 saturated heterocycles. The Bertz CT molecular complexity index is 838. The van der Waals surface area contributed by atoms with Crippen LogP contribution < -0.4 is 0 Å². The molecular formula is C22H22O4. The fourth-order valence-corrected chi connectivity index (χ4v) is 3.56. The van der Waals surface area contributed by atoms with Gasteiger partial charge < -0.3 is 4.74 Å². The van der Waals surface area contributed by atoms with Crippen molar-refractivity contribution < 1.29 is 19.1 Å². The molecule has 0 amide bonds. The zero-order valence-electron chi connectivity index (χ0n) is 14.9. The normalized spacial score (nSPS) is 15.8. The summed E-state index contributed by atoms with van der Waals surface area (Å²) in [6, 6.07) is 15.8. The van der Waals surface area contributed by atoms with Crippen LogP contribution in [0, 0.1) is 0 Å². The van der Waals surface area contributed by atoms with Crippen molar-refractivity contribution in [2.75, 3.05) is 6.61 Å². The van der Waals surface area contributed by atoms with Crippen molar-refractivity contribution in [3.8, 4) is 0 Å². The number of ketones is 2. The highest BCUT2D eigenvalue weighted by Crippen LogP contribution is 2.36. The first kappa shape index (κ1) is 18.1. The van der Waals surface area contributed by atoms with Crippen molar-refractivity contribution in [2.45, 2.75) is 38.5 Å². The van der Waals surface area contributed by atoms with E-state index in [4.69, 9.17) is 0 Å². The fourth-order valence-electron chi connectivity index (χ4n) is 3.56. The molecular weight excluding hydrogens is 328 g/mol. The lowest BCUT2D eigenvalue weighted by molar-refractivity contribution is -0.153. The first-order chi connectivity index (χ1) is 12.6. The van der Waals surface area contributed by atoms with Crippen LogP contribution in [-0.2, 0) is 20.7 Å². The van der Waals surface area contributed by atoms with Crippen molar-refractivity contribution in [3.05, 3.63) is 70.8 Å². The molecule has 1 aliphatic carbocycles. The first-order valence-electron chi connectivity index (χ1n) is 9.01.